The van der Waals surface area contributed by atoms with Crippen molar-refractivity contribution in [1.29, 1.82) is 5.26 Å². The Kier molecular flexibility index (Phi) is 4.62. The van der Waals surface area contributed by atoms with Gasteiger partial charge in [-0.15, -0.1) is 0 Å². The molecule has 5 heteroatoms. The molecule has 0 bridgehead atoms. The molecule has 0 saturated carbocycles. The van der Waals surface area contributed by atoms with Crippen molar-refractivity contribution >= 4 is 17.4 Å². The zero-order valence-electron chi connectivity index (χ0n) is 15.3. The summed E-state index contributed by atoms with van der Waals surface area (Å²) in [6.45, 7) is 1.88. The molecule has 4 rings (SSSR count). The minimum atomic E-state index is -0.423. The summed E-state index contributed by atoms with van der Waals surface area (Å²) in [5.41, 5.74) is 3.14. The van der Waals surface area contributed by atoms with E-state index in [9.17, 15) is 14.9 Å². The number of aryl methyl sites for hydroxylation is 1. The van der Waals surface area contributed by atoms with Gasteiger partial charge in [-0.3, -0.25) is 14.2 Å². The fourth-order valence-electron chi connectivity index (χ4n) is 3.85. The van der Waals surface area contributed by atoms with Crippen LogP contribution in [0.5, 0.6) is 0 Å². The molecule has 0 amide bonds. The van der Waals surface area contributed by atoms with Crippen molar-refractivity contribution in [1.82, 2.24) is 4.57 Å². The molecule has 0 spiro atoms. The third kappa shape index (κ3) is 3.04. The van der Waals surface area contributed by atoms with Crippen LogP contribution >= 0.6 is 11.6 Å². The van der Waals surface area contributed by atoms with E-state index in [0.29, 0.717) is 34.8 Å². The molecule has 1 aromatic heterocycles. The van der Waals surface area contributed by atoms with Crippen LogP contribution in [0.4, 0.5) is 0 Å². The lowest BCUT2D eigenvalue weighted by atomic mass is 9.81. The van der Waals surface area contributed by atoms with Gasteiger partial charge in [0.2, 0.25) is 0 Å². The average Bonchev–Trinajstić information content (AvgIpc) is 2.70. The first-order valence-corrected chi connectivity index (χ1v) is 9.41. The SMILES string of the molecule is Cc1ccc(Cl)cc1-n1c2c(cc(C#N)c1=O)C(=O)C[C@H](c1ccccc1)C2. The van der Waals surface area contributed by atoms with Crippen LogP contribution in [0.2, 0.25) is 5.02 Å². The number of benzene rings is 2. The highest BCUT2D eigenvalue weighted by molar-refractivity contribution is 6.30. The zero-order valence-corrected chi connectivity index (χ0v) is 16.0. The van der Waals surface area contributed by atoms with Crippen LogP contribution < -0.4 is 5.56 Å². The highest BCUT2D eigenvalue weighted by Gasteiger charge is 2.30. The third-order valence-corrected chi connectivity index (χ3v) is 5.51. The molecule has 0 aliphatic heterocycles. The lowest BCUT2D eigenvalue weighted by molar-refractivity contribution is 0.0962. The number of Topliss-reactive ketones (excluding diaryl/α,β-unsaturated/α-hetero) is 1. The molecular formula is C23H17ClN2O2. The molecule has 0 radical (unpaired) electrons. The van der Waals surface area contributed by atoms with Crippen LogP contribution in [-0.2, 0) is 6.42 Å². The van der Waals surface area contributed by atoms with E-state index in [1.807, 2.05) is 49.4 Å². The molecular weight excluding hydrogens is 372 g/mol. The Morgan fingerprint density at radius 1 is 1.07 bits per heavy atom. The fraction of sp³-hybridized carbons (Fsp3) is 0.174. The number of hydrogen-bond acceptors (Lipinski definition) is 3. The van der Waals surface area contributed by atoms with Gasteiger partial charge in [0.05, 0.1) is 5.69 Å². The largest absolute Gasteiger partial charge is 0.294 e. The molecule has 1 atom stereocenters. The number of nitriles is 1. The second-order valence-corrected chi connectivity index (χ2v) is 7.48. The van der Waals surface area contributed by atoms with E-state index >= 15 is 0 Å². The number of hydrogen-bond donors (Lipinski definition) is 0. The molecule has 0 N–H and O–H groups in total. The van der Waals surface area contributed by atoms with Crippen molar-refractivity contribution < 1.29 is 4.79 Å². The Hall–Kier alpha value is -3.16. The maximum atomic E-state index is 13.1. The highest BCUT2D eigenvalue weighted by Crippen LogP contribution is 2.34. The zero-order chi connectivity index (χ0) is 19.8. The molecule has 28 heavy (non-hydrogen) atoms. The van der Waals surface area contributed by atoms with Crippen LogP contribution in [-0.4, -0.2) is 10.4 Å². The number of carbonyl (C=O) groups excluding carboxylic acids is 1. The van der Waals surface area contributed by atoms with Crippen molar-refractivity contribution in [3.63, 3.8) is 0 Å². The van der Waals surface area contributed by atoms with Gasteiger partial charge in [0.15, 0.2) is 5.78 Å². The molecule has 4 nitrogen and oxygen atoms in total. The maximum absolute atomic E-state index is 13.1. The van der Waals surface area contributed by atoms with Gasteiger partial charge in [0.25, 0.3) is 5.56 Å². The Balaban J connectivity index is 1.99. The summed E-state index contributed by atoms with van der Waals surface area (Å²) in [6, 6.07) is 18.5. The minimum Gasteiger partial charge on any atom is -0.294 e. The molecule has 2 aromatic carbocycles. The van der Waals surface area contributed by atoms with Crippen LogP contribution in [0, 0.1) is 18.3 Å². The van der Waals surface area contributed by atoms with Gasteiger partial charge in [-0.05, 0) is 48.6 Å². The van der Waals surface area contributed by atoms with E-state index in [0.717, 1.165) is 11.1 Å². The lowest BCUT2D eigenvalue weighted by Crippen LogP contribution is -2.32. The van der Waals surface area contributed by atoms with E-state index in [1.165, 1.54) is 10.6 Å². The average molecular weight is 389 g/mol. The summed E-state index contributed by atoms with van der Waals surface area (Å²) in [5, 5.41) is 9.92. The molecule has 3 aromatic rings. The topological polar surface area (TPSA) is 62.9 Å². The van der Waals surface area contributed by atoms with Crippen LogP contribution in [0.1, 0.15) is 45.1 Å². The number of rotatable bonds is 2. The second kappa shape index (κ2) is 7.10. The Morgan fingerprint density at radius 2 is 1.82 bits per heavy atom. The smallest absolute Gasteiger partial charge is 0.273 e. The van der Waals surface area contributed by atoms with Gasteiger partial charge in [-0.25, -0.2) is 0 Å². The molecule has 138 valence electrons. The quantitative estimate of drug-likeness (QED) is 0.645. The summed E-state index contributed by atoms with van der Waals surface area (Å²) >= 11 is 6.18. The van der Waals surface area contributed by atoms with E-state index in [1.54, 1.807) is 12.1 Å². The maximum Gasteiger partial charge on any atom is 0.273 e. The molecule has 1 heterocycles. The first-order chi connectivity index (χ1) is 13.5. The lowest BCUT2D eigenvalue weighted by Gasteiger charge is -2.27. The van der Waals surface area contributed by atoms with Gasteiger partial charge >= 0.3 is 0 Å². The van der Waals surface area contributed by atoms with Crippen molar-refractivity contribution in [2.45, 2.75) is 25.7 Å². The summed E-state index contributed by atoms with van der Waals surface area (Å²) in [6.07, 6.45) is 0.895. The first kappa shape index (κ1) is 18.2. The number of nitrogens with zero attached hydrogens (tertiary/aromatic N) is 2. The number of pyridine rings is 1. The highest BCUT2D eigenvalue weighted by atomic mass is 35.5. The van der Waals surface area contributed by atoms with E-state index < -0.39 is 5.56 Å². The molecule has 1 aliphatic carbocycles. The minimum absolute atomic E-state index is 0.0146. The van der Waals surface area contributed by atoms with Gasteiger partial charge in [-0.2, -0.15) is 5.26 Å². The van der Waals surface area contributed by atoms with Crippen molar-refractivity contribution in [3.8, 4) is 11.8 Å². The van der Waals surface area contributed by atoms with Crippen LogP contribution in [0.3, 0.4) is 0 Å². The van der Waals surface area contributed by atoms with Crippen LogP contribution in [0.15, 0.2) is 59.4 Å². The van der Waals surface area contributed by atoms with Crippen molar-refractivity contribution in [3.05, 3.63) is 97.9 Å². The predicted octanol–water partition coefficient (Wildman–Crippen LogP) is 4.58. The normalized spacial score (nSPS) is 15.8. The predicted molar refractivity (Wildman–Crippen MR) is 108 cm³/mol. The summed E-state index contributed by atoms with van der Waals surface area (Å²) in [4.78, 5) is 26.0. The number of carbonyl (C=O) groups is 1. The third-order valence-electron chi connectivity index (χ3n) is 5.28. The van der Waals surface area contributed by atoms with E-state index in [-0.39, 0.29) is 17.3 Å². The number of aromatic nitrogens is 1. The summed E-state index contributed by atoms with van der Waals surface area (Å²) in [7, 11) is 0. The van der Waals surface area contributed by atoms with E-state index in [2.05, 4.69) is 0 Å². The first-order valence-electron chi connectivity index (χ1n) is 9.03. The van der Waals surface area contributed by atoms with Gasteiger partial charge in [0, 0.05) is 22.7 Å². The van der Waals surface area contributed by atoms with E-state index in [4.69, 9.17) is 11.6 Å². The fourth-order valence-corrected chi connectivity index (χ4v) is 4.02. The Bertz CT molecular complexity index is 1190. The van der Waals surface area contributed by atoms with Crippen LogP contribution in [0.25, 0.3) is 5.69 Å². The molecule has 0 fully saturated rings. The van der Waals surface area contributed by atoms with Gasteiger partial charge < -0.3 is 0 Å². The molecule has 0 unspecified atom stereocenters. The van der Waals surface area contributed by atoms with Gasteiger partial charge in [0.1, 0.15) is 11.6 Å². The standard InChI is InChI=1S/C23H17ClN2O2/c1-14-7-8-18(24)12-20(14)26-21-10-16(15-5-3-2-4-6-15)11-22(27)19(21)9-17(13-25)23(26)28/h2-9,12,16H,10-11H2,1H3/t16-/m1/s1. The summed E-state index contributed by atoms with van der Waals surface area (Å²) in [5.74, 6) is -0.0701. The summed E-state index contributed by atoms with van der Waals surface area (Å²) < 4.78 is 1.50. The number of halogens is 1. The van der Waals surface area contributed by atoms with Crippen molar-refractivity contribution in [2.75, 3.05) is 0 Å². The Labute approximate surface area is 167 Å². The second-order valence-electron chi connectivity index (χ2n) is 7.04. The molecule has 1 aliphatic rings. The van der Waals surface area contributed by atoms with Crippen molar-refractivity contribution in [2.24, 2.45) is 0 Å². The van der Waals surface area contributed by atoms with Gasteiger partial charge in [-0.1, -0.05) is 48.0 Å². The Morgan fingerprint density at radius 3 is 2.54 bits per heavy atom. The number of ketones is 1. The number of fused-ring (bicyclic) bond motifs is 1. The molecule has 0 saturated heterocycles. The monoisotopic (exact) mass is 388 g/mol.